The highest BCUT2D eigenvalue weighted by Gasteiger charge is 2.32. The van der Waals surface area contributed by atoms with Crippen LogP contribution in [-0.4, -0.2) is 74.4 Å². The molecule has 2 fully saturated rings. The zero-order chi connectivity index (χ0) is 22.7. The van der Waals surface area contributed by atoms with Crippen molar-refractivity contribution >= 4 is 11.9 Å². The molecule has 0 radical (unpaired) electrons. The Morgan fingerprint density at radius 2 is 1.88 bits per heavy atom. The molecular weight excluding hydrogens is 404 g/mol. The molecular formula is C25H40N4O3. The summed E-state index contributed by atoms with van der Waals surface area (Å²) in [7, 11) is 0. The minimum atomic E-state index is -0.278. The van der Waals surface area contributed by atoms with Crippen molar-refractivity contribution < 1.29 is 14.6 Å². The Bertz CT molecular complexity index is 708. The fraction of sp³-hybridized carbons (Fsp3) is 0.680. The monoisotopic (exact) mass is 444 g/mol. The number of amides is 1. The molecule has 2 aliphatic rings. The van der Waals surface area contributed by atoms with E-state index in [-0.39, 0.29) is 23.8 Å². The van der Waals surface area contributed by atoms with E-state index in [9.17, 15) is 9.90 Å². The maximum absolute atomic E-state index is 13.4. The number of morpholine rings is 1. The number of rotatable bonds is 9. The first-order valence-electron chi connectivity index (χ1n) is 12.2. The number of guanidine groups is 1. The average Bonchev–Trinajstić information content (AvgIpc) is 2.84. The van der Waals surface area contributed by atoms with Crippen LogP contribution in [0.25, 0.3) is 0 Å². The maximum Gasteiger partial charge on any atom is 0.232 e. The Balaban J connectivity index is 1.70. The van der Waals surface area contributed by atoms with E-state index in [4.69, 9.17) is 9.73 Å². The first-order chi connectivity index (χ1) is 15.7. The summed E-state index contributed by atoms with van der Waals surface area (Å²) in [6, 6.07) is 9.98. The number of hydrogen-bond acceptors (Lipinski definition) is 4. The molecule has 1 heterocycles. The normalized spacial score (nSPS) is 19.9. The molecule has 1 aromatic rings. The Morgan fingerprint density at radius 1 is 1.16 bits per heavy atom. The number of nitrogens with one attached hydrogen (secondary N) is 2. The van der Waals surface area contributed by atoms with Crippen LogP contribution in [0.5, 0.6) is 0 Å². The van der Waals surface area contributed by atoms with Crippen LogP contribution >= 0.6 is 0 Å². The first kappa shape index (κ1) is 24.5. The highest BCUT2D eigenvalue weighted by Crippen LogP contribution is 2.39. The molecule has 0 spiro atoms. The van der Waals surface area contributed by atoms with E-state index in [0.717, 1.165) is 37.3 Å². The molecule has 3 N–H and O–H groups in total. The second kappa shape index (κ2) is 12.8. The van der Waals surface area contributed by atoms with Gasteiger partial charge in [-0.15, -0.1) is 0 Å². The molecule has 1 atom stereocenters. The van der Waals surface area contributed by atoms with Gasteiger partial charge in [0, 0.05) is 39.3 Å². The number of aliphatic imine (C=N–C) groups is 1. The van der Waals surface area contributed by atoms with Gasteiger partial charge in [-0.05, 0) is 37.2 Å². The number of hydrogen-bond donors (Lipinski definition) is 3. The second-order valence-electron chi connectivity index (χ2n) is 9.01. The van der Waals surface area contributed by atoms with Crippen molar-refractivity contribution in [2.24, 2.45) is 10.4 Å². The largest absolute Gasteiger partial charge is 0.396 e. The number of aliphatic hydroxyl groups is 1. The summed E-state index contributed by atoms with van der Waals surface area (Å²) in [5, 5.41) is 16.4. The van der Waals surface area contributed by atoms with Crippen LogP contribution < -0.4 is 10.6 Å². The van der Waals surface area contributed by atoms with Crippen molar-refractivity contribution in [2.45, 2.75) is 51.4 Å². The van der Waals surface area contributed by atoms with E-state index < -0.39 is 0 Å². The molecule has 1 unspecified atom stereocenters. The molecule has 3 rings (SSSR count). The number of benzene rings is 1. The van der Waals surface area contributed by atoms with Crippen LogP contribution in [0.3, 0.4) is 0 Å². The van der Waals surface area contributed by atoms with Gasteiger partial charge in [0.05, 0.1) is 19.1 Å². The van der Waals surface area contributed by atoms with Crippen molar-refractivity contribution in [1.82, 2.24) is 15.5 Å². The number of aliphatic hydroxyl groups excluding tert-OH is 1. The fourth-order valence-corrected chi connectivity index (χ4v) is 4.85. The first-order valence-corrected chi connectivity index (χ1v) is 12.2. The summed E-state index contributed by atoms with van der Waals surface area (Å²) in [5.41, 5.74) is 1.11. The summed E-state index contributed by atoms with van der Waals surface area (Å²) >= 11 is 0. The summed E-state index contributed by atoms with van der Waals surface area (Å²) in [6.45, 7) is 6.68. The van der Waals surface area contributed by atoms with E-state index in [1.54, 1.807) is 0 Å². The van der Waals surface area contributed by atoms with E-state index >= 15 is 0 Å². The third kappa shape index (κ3) is 6.94. The van der Waals surface area contributed by atoms with Crippen LogP contribution in [0.15, 0.2) is 35.3 Å². The van der Waals surface area contributed by atoms with Crippen LogP contribution in [0, 0.1) is 5.41 Å². The summed E-state index contributed by atoms with van der Waals surface area (Å²) in [5.74, 6) is 0.595. The summed E-state index contributed by atoms with van der Waals surface area (Å²) < 4.78 is 5.43. The van der Waals surface area contributed by atoms with Crippen molar-refractivity contribution in [3.63, 3.8) is 0 Å². The molecule has 1 aliphatic carbocycles. The van der Waals surface area contributed by atoms with E-state index in [2.05, 4.69) is 17.6 Å². The average molecular weight is 445 g/mol. The molecule has 0 bridgehead atoms. The van der Waals surface area contributed by atoms with Crippen molar-refractivity contribution in [3.05, 3.63) is 35.9 Å². The lowest BCUT2D eigenvalue weighted by Crippen LogP contribution is -2.47. The lowest BCUT2D eigenvalue weighted by molar-refractivity contribution is -0.136. The number of nitrogens with zero attached hydrogens (tertiary/aromatic N) is 2. The molecule has 0 aromatic heterocycles. The lowest BCUT2D eigenvalue weighted by Gasteiger charge is -2.36. The molecule has 7 nitrogen and oxygen atoms in total. The van der Waals surface area contributed by atoms with Gasteiger partial charge in [0.2, 0.25) is 5.91 Å². The molecule has 1 saturated heterocycles. The highest BCUT2D eigenvalue weighted by atomic mass is 16.5. The van der Waals surface area contributed by atoms with Crippen molar-refractivity contribution in [2.75, 3.05) is 52.5 Å². The fourth-order valence-electron chi connectivity index (χ4n) is 4.85. The van der Waals surface area contributed by atoms with Gasteiger partial charge < -0.3 is 25.4 Å². The standard InChI is InChI=1S/C25H40N4O3/c1-2-26-24(28-20-25(13-16-30)11-7-4-8-12-25)27-19-22(21-9-5-3-6-10-21)23(31)29-14-17-32-18-15-29/h3,5-6,9-10,22,30H,2,4,7-8,11-20H2,1H3,(H2,26,27,28). The summed E-state index contributed by atoms with van der Waals surface area (Å²) in [6.07, 6.45) is 6.75. The second-order valence-corrected chi connectivity index (χ2v) is 9.01. The minimum Gasteiger partial charge on any atom is -0.396 e. The zero-order valence-corrected chi connectivity index (χ0v) is 19.5. The van der Waals surface area contributed by atoms with E-state index in [0.29, 0.717) is 39.4 Å². The zero-order valence-electron chi connectivity index (χ0n) is 19.5. The number of carbonyl (C=O) groups excluding carboxylic acids is 1. The van der Waals surface area contributed by atoms with Gasteiger partial charge in [0.1, 0.15) is 0 Å². The quantitative estimate of drug-likeness (QED) is 0.403. The Labute approximate surface area is 192 Å². The maximum atomic E-state index is 13.4. The Morgan fingerprint density at radius 3 is 2.53 bits per heavy atom. The van der Waals surface area contributed by atoms with Gasteiger partial charge in [-0.1, -0.05) is 49.6 Å². The van der Waals surface area contributed by atoms with Crippen LogP contribution in [0.4, 0.5) is 0 Å². The van der Waals surface area contributed by atoms with Crippen molar-refractivity contribution in [1.29, 1.82) is 0 Å². The highest BCUT2D eigenvalue weighted by molar-refractivity contribution is 5.86. The van der Waals surface area contributed by atoms with Gasteiger partial charge in [0.15, 0.2) is 5.96 Å². The van der Waals surface area contributed by atoms with Gasteiger partial charge in [-0.3, -0.25) is 9.79 Å². The topological polar surface area (TPSA) is 86.2 Å². The third-order valence-electron chi connectivity index (χ3n) is 6.77. The predicted molar refractivity (Wildman–Crippen MR) is 128 cm³/mol. The Hall–Kier alpha value is -2.12. The smallest absolute Gasteiger partial charge is 0.232 e. The third-order valence-corrected chi connectivity index (χ3v) is 6.77. The molecule has 7 heteroatoms. The summed E-state index contributed by atoms with van der Waals surface area (Å²) in [4.78, 5) is 20.2. The van der Waals surface area contributed by atoms with Crippen molar-refractivity contribution in [3.8, 4) is 0 Å². The molecule has 1 amide bonds. The predicted octanol–water partition coefficient (Wildman–Crippen LogP) is 2.52. The number of carbonyl (C=O) groups is 1. The van der Waals surface area contributed by atoms with Gasteiger partial charge in [0.25, 0.3) is 0 Å². The van der Waals surface area contributed by atoms with Gasteiger partial charge in [-0.25, -0.2) is 0 Å². The Kier molecular flexibility index (Phi) is 9.81. The molecule has 178 valence electrons. The van der Waals surface area contributed by atoms with Gasteiger partial charge in [-0.2, -0.15) is 0 Å². The molecule has 1 aliphatic heterocycles. The van der Waals surface area contributed by atoms with E-state index in [1.165, 1.54) is 19.3 Å². The van der Waals surface area contributed by atoms with E-state index in [1.807, 2.05) is 35.2 Å². The lowest BCUT2D eigenvalue weighted by atomic mass is 9.72. The number of ether oxygens (including phenoxy) is 1. The molecule has 1 saturated carbocycles. The van der Waals surface area contributed by atoms with Crippen LogP contribution in [0.1, 0.15) is 56.9 Å². The van der Waals surface area contributed by atoms with Gasteiger partial charge >= 0.3 is 0 Å². The SMILES string of the molecule is CCNC(=NCC1(CCO)CCCCC1)NCC(C(=O)N1CCOCC1)c1ccccc1. The minimum absolute atomic E-state index is 0.0950. The molecule has 32 heavy (non-hydrogen) atoms. The van der Waals surface area contributed by atoms with Crippen LogP contribution in [0.2, 0.25) is 0 Å². The van der Waals surface area contributed by atoms with Crippen LogP contribution in [-0.2, 0) is 9.53 Å². The molecule has 1 aromatic carbocycles.